The lowest BCUT2D eigenvalue weighted by Gasteiger charge is -2.09. The number of hydrogen-bond donors (Lipinski definition) is 1. The largest absolute Gasteiger partial charge is 0.497 e. The molecular weight excluding hydrogens is 416 g/mol. The molecule has 7 nitrogen and oxygen atoms in total. The van der Waals surface area contributed by atoms with Gasteiger partial charge in [-0.1, -0.05) is 29.8 Å². The number of aryl methyl sites for hydroxylation is 1. The highest BCUT2D eigenvalue weighted by atomic mass is 16.5. The molecular formula is C26H22N4O3. The zero-order valence-corrected chi connectivity index (χ0v) is 18.3. The number of fused-ring (bicyclic) bond motifs is 3. The summed E-state index contributed by atoms with van der Waals surface area (Å²) in [6.45, 7) is 2.01. The molecule has 0 atom stereocenters. The number of para-hydroxylation sites is 2. The smallest absolute Gasteiger partial charge is 0.260 e. The second-order valence-corrected chi connectivity index (χ2v) is 7.83. The molecule has 0 bridgehead atoms. The van der Waals surface area contributed by atoms with Crippen molar-refractivity contribution in [1.29, 1.82) is 0 Å². The molecule has 0 fully saturated rings. The highest BCUT2D eigenvalue weighted by molar-refractivity contribution is 5.92. The summed E-state index contributed by atoms with van der Waals surface area (Å²) in [6.07, 6.45) is 0. The molecule has 5 rings (SSSR count). The van der Waals surface area contributed by atoms with Gasteiger partial charge in [0.05, 0.1) is 23.8 Å². The summed E-state index contributed by atoms with van der Waals surface area (Å²) >= 11 is 0. The van der Waals surface area contributed by atoms with Crippen LogP contribution in [0.15, 0.2) is 83.7 Å². The monoisotopic (exact) mass is 438 g/mol. The summed E-state index contributed by atoms with van der Waals surface area (Å²) < 4.78 is 8.54. The van der Waals surface area contributed by atoms with E-state index in [9.17, 15) is 9.59 Å². The van der Waals surface area contributed by atoms with E-state index in [0.29, 0.717) is 17.0 Å². The third-order valence-electron chi connectivity index (χ3n) is 5.58. The van der Waals surface area contributed by atoms with Crippen molar-refractivity contribution < 1.29 is 9.53 Å². The van der Waals surface area contributed by atoms with Gasteiger partial charge in [0.25, 0.3) is 5.56 Å². The van der Waals surface area contributed by atoms with Gasteiger partial charge in [0.1, 0.15) is 12.3 Å². The summed E-state index contributed by atoms with van der Waals surface area (Å²) in [7, 11) is 1.60. The number of rotatable bonds is 5. The molecule has 0 aliphatic heterocycles. The molecule has 0 spiro atoms. The number of carbonyl (C=O) groups excluding carboxylic acids is 1. The highest BCUT2D eigenvalue weighted by Gasteiger charge is 2.17. The van der Waals surface area contributed by atoms with Crippen LogP contribution in [0.5, 0.6) is 5.75 Å². The highest BCUT2D eigenvalue weighted by Crippen LogP contribution is 2.23. The Morgan fingerprint density at radius 2 is 1.67 bits per heavy atom. The van der Waals surface area contributed by atoms with Crippen LogP contribution in [0.1, 0.15) is 5.56 Å². The van der Waals surface area contributed by atoms with Gasteiger partial charge < -0.3 is 14.6 Å². The van der Waals surface area contributed by atoms with Gasteiger partial charge in [-0.3, -0.25) is 9.59 Å². The first-order chi connectivity index (χ1) is 16.0. The molecule has 0 aliphatic carbocycles. The molecule has 0 radical (unpaired) electrons. The van der Waals surface area contributed by atoms with Crippen molar-refractivity contribution in [3.8, 4) is 17.0 Å². The third kappa shape index (κ3) is 3.85. The molecule has 0 saturated carbocycles. The minimum absolute atomic E-state index is 0.0173. The van der Waals surface area contributed by atoms with E-state index >= 15 is 0 Å². The number of ether oxygens (including phenoxy) is 1. The van der Waals surface area contributed by atoms with Crippen molar-refractivity contribution in [3.63, 3.8) is 0 Å². The third-order valence-corrected chi connectivity index (χ3v) is 5.58. The first-order valence-corrected chi connectivity index (χ1v) is 10.6. The zero-order valence-electron chi connectivity index (χ0n) is 18.3. The van der Waals surface area contributed by atoms with Gasteiger partial charge >= 0.3 is 0 Å². The molecule has 5 aromatic rings. The van der Waals surface area contributed by atoms with Gasteiger partial charge in [0.15, 0.2) is 0 Å². The average molecular weight is 438 g/mol. The normalized spacial score (nSPS) is 11.1. The summed E-state index contributed by atoms with van der Waals surface area (Å²) in [5.41, 5.74) is 4.41. The van der Waals surface area contributed by atoms with Gasteiger partial charge in [0.2, 0.25) is 11.7 Å². The maximum atomic E-state index is 13.1. The molecule has 164 valence electrons. The van der Waals surface area contributed by atoms with Crippen LogP contribution >= 0.6 is 0 Å². The van der Waals surface area contributed by atoms with Crippen LogP contribution < -0.4 is 15.6 Å². The number of methoxy groups -OCH3 is 1. The van der Waals surface area contributed by atoms with Gasteiger partial charge in [0, 0.05) is 17.3 Å². The molecule has 1 amide bonds. The van der Waals surface area contributed by atoms with Crippen LogP contribution in [0.2, 0.25) is 0 Å². The number of anilines is 1. The van der Waals surface area contributed by atoms with E-state index in [0.717, 1.165) is 28.1 Å². The lowest BCUT2D eigenvalue weighted by molar-refractivity contribution is -0.116. The van der Waals surface area contributed by atoms with Crippen molar-refractivity contribution in [3.05, 3.63) is 94.8 Å². The second kappa shape index (κ2) is 8.27. The number of imidazole rings is 1. The Hall–Kier alpha value is -4.39. The Kier molecular flexibility index (Phi) is 5.14. The van der Waals surface area contributed by atoms with Gasteiger partial charge in [-0.05, 0) is 55.5 Å². The number of aromatic nitrogens is 3. The molecule has 3 aromatic carbocycles. The van der Waals surface area contributed by atoms with Crippen molar-refractivity contribution >= 4 is 28.4 Å². The Balaban J connectivity index is 1.61. The fourth-order valence-corrected chi connectivity index (χ4v) is 3.91. The van der Waals surface area contributed by atoms with Crippen LogP contribution in [0, 0.1) is 6.92 Å². The molecule has 0 saturated heterocycles. The Labute approximate surface area is 189 Å². The molecule has 33 heavy (non-hydrogen) atoms. The fourth-order valence-electron chi connectivity index (χ4n) is 3.91. The summed E-state index contributed by atoms with van der Waals surface area (Å²) in [6, 6.07) is 24.0. The minimum atomic E-state index is -0.209. The first kappa shape index (κ1) is 20.5. The Morgan fingerprint density at radius 1 is 0.970 bits per heavy atom. The maximum absolute atomic E-state index is 13.1. The van der Waals surface area contributed by atoms with Crippen LogP contribution in [0.25, 0.3) is 28.1 Å². The number of benzene rings is 3. The second-order valence-electron chi connectivity index (χ2n) is 7.83. The van der Waals surface area contributed by atoms with E-state index in [-0.39, 0.29) is 18.0 Å². The molecule has 2 heterocycles. The molecule has 1 N–H and O–H groups in total. The van der Waals surface area contributed by atoms with E-state index in [1.807, 2.05) is 79.7 Å². The van der Waals surface area contributed by atoms with Crippen molar-refractivity contribution in [2.75, 3.05) is 12.4 Å². The van der Waals surface area contributed by atoms with Crippen LogP contribution in [0.3, 0.4) is 0 Å². The van der Waals surface area contributed by atoms with Crippen molar-refractivity contribution in [1.82, 2.24) is 14.0 Å². The van der Waals surface area contributed by atoms with E-state index < -0.39 is 0 Å². The predicted molar refractivity (Wildman–Crippen MR) is 129 cm³/mol. The van der Waals surface area contributed by atoms with Gasteiger partial charge in [-0.2, -0.15) is 0 Å². The fraction of sp³-hybridized carbons (Fsp3) is 0.115. The van der Waals surface area contributed by atoms with E-state index in [1.54, 1.807) is 16.1 Å². The maximum Gasteiger partial charge on any atom is 0.260 e. The predicted octanol–water partition coefficient (Wildman–Crippen LogP) is 4.27. The molecule has 2 aromatic heterocycles. The SMILES string of the molecule is COc1ccc(-c2cc(=O)n3c4ccccc4n(CC(=O)Nc4ccc(C)cc4)c3n2)cc1. The zero-order chi connectivity index (χ0) is 22.9. The Bertz CT molecular complexity index is 1530. The van der Waals surface area contributed by atoms with Gasteiger partial charge in [-0.15, -0.1) is 0 Å². The van der Waals surface area contributed by atoms with E-state index in [1.165, 1.54) is 6.07 Å². The minimum Gasteiger partial charge on any atom is -0.497 e. The lowest BCUT2D eigenvalue weighted by Crippen LogP contribution is -2.20. The summed E-state index contributed by atoms with van der Waals surface area (Å²) in [4.78, 5) is 30.8. The van der Waals surface area contributed by atoms with E-state index in [4.69, 9.17) is 9.72 Å². The van der Waals surface area contributed by atoms with Crippen molar-refractivity contribution in [2.24, 2.45) is 0 Å². The summed E-state index contributed by atoms with van der Waals surface area (Å²) in [5.74, 6) is 0.929. The number of hydrogen-bond acceptors (Lipinski definition) is 4. The van der Waals surface area contributed by atoms with E-state index in [2.05, 4.69) is 5.32 Å². The quantitative estimate of drug-likeness (QED) is 0.445. The number of carbonyl (C=O) groups is 1. The number of nitrogens with one attached hydrogen (secondary N) is 1. The van der Waals surface area contributed by atoms with Crippen LogP contribution in [-0.4, -0.2) is 27.0 Å². The Morgan fingerprint density at radius 3 is 2.36 bits per heavy atom. The number of amides is 1. The molecule has 0 aliphatic rings. The topological polar surface area (TPSA) is 77.6 Å². The van der Waals surface area contributed by atoms with Crippen molar-refractivity contribution in [2.45, 2.75) is 13.5 Å². The standard InChI is InChI=1S/C26H22N4O3/c1-17-7-11-19(12-8-17)27-24(31)16-29-22-5-3-4-6-23(22)30-25(32)15-21(28-26(29)30)18-9-13-20(33-2)14-10-18/h3-15H,16H2,1-2H3,(H,27,31). The molecule has 0 unspecified atom stereocenters. The number of nitrogens with zero attached hydrogens (tertiary/aromatic N) is 3. The lowest BCUT2D eigenvalue weighted by atomic mass is 10.1. The van der Waals surface area contributed by atoms with Crippen LogP contribution in [-0.2, 0) is 11.3 Å². The van der Waals surface area contributed by atoms with Crippen LogP contribution in [0.4, 0.5) is 5.69 Å². The first-order valence-electron chi connectivity index (χ1n) is 10.6. The average Bonchev–Trinajstić information content (AvgIpc) is 3.14. The van der Waals surface area contributed by atoms with Gasteiger partial charge in [-0.25, -0.2) is 9.38 Å². The summed E-state index contributed by atoms with van der Waals surface area (Å²) in [5, 5.41) is 2.92. The molecule has 7 heteroatoms.